The van der Waals surface area contributed by atoms with Crippen LogP contribution in [0, 0.1) is 0 Å². The van der Waals surface area contributed by atoms with Crippen molar-refractivity contribution < 1.29 is 52.6 Å². The van der Waals surface area contributed by atoms with Gasteiger partial charge in [-0.25, -0.2) is 14.6 Å². The molecular weight excluding hydrogens is 1250 g/mol. The topological polar surface area (TPSA) is 231 Å². The fraction of sp³-hybridized carbons (Fsp3) is 0.441. The molecular formula is C68H85N7O11S5. The van der Waals surface area contributed by atoms with E-state index in [0.29, 0.717) is 27.8 Å². The van der Waals surface area contributed by atoms with E-state index in [1.54, 1.807) is 50.4 Å². The van der Waals surface area contributed by atoms with Gasteiger partial charge in [0.15, 0.2) is 10.8 Å². The Balaban J connectivity index is 0.000000604. The van der Waals surface area contributed by atoms with E-state index in [1.165, 1.54) is 117 Å². The van der Waals surface area contributed by atoms with Crippen LogP contribution in [0.5, 0.6) is 5.75 Å². The number of anilines is 1. The molecule has 2 aromatic heterocycles. The predicted octanol–water partition coefficient (Wildman–Crippen LogP) is 12.0. The number of esters is 2. The summed E-state index contributed by atoms with van der Waals surface area (Å²) in [5.74, 6) is -3.53. The van der Waals surface area contributed by atoms with Crippen molar-refractivity contribution in [3.8, 4) is 5.75 Å². The molecule has 4 heterocycles. The lowest BCUT2D eigenvalue weighted by molar-refractivity contribution is -0.929. The lowest BCUT2D eigenvalue weighted by Crippen LogP contribution is -2.71. The smallest absolute Gasteiger partial charge is 0.361 e. The van der Waals surface area contributed by atoms with E-state index >= 15 is 0 Å². The first-order valence-electron chi connectivity index (χ1n) is 31.0. The van der Waals surface area contributed by atoms with Crippen LogP contribution in [-0.2, 0) is 45.6 Å². The lowest BCUT2D eigenvalue weighted by atomic mass is 9.77. The zero-order chi connectivity index (χ0) is 65.6. The van der Waals surface area contributed by atoms with Crippen LogP contribution in [0.1, 0.15) is 145 Å². The number of oxime groups is 1. The Morgan fingerprint density at radius 1 is 0.802 bits per heavy atom. The van der Waals surface area contributed by atoms with Crippen molar-refractivity contribution in [1.82, 2.24) is 19.6 Å². The van der Waals surface area contributed by atoms with Crippen molar-refractivity contribution in [2.45, 2.75) is 146 Å². The number of aromatic carboxylic acids is 1. The minimum absolute atomic E-state index is 0.00456. The van der Waals surface area contributed by atoms with Crippen molar-refractivity contribution >= 4 is 98.7 Å². The third kappa shape index (κ3) is 18.9. The van der Waals surface area contributed by atoms with Gasteiger partial charge in [-0.05, 0) is 92.2 Å². The van der Waals surface area contributed by atoms with E-state index in [4.69, 9.17) is 24.0 Å². The number of benzene rings is 4. The van der Waals surface area contributed by atoms with Gasteiger partial charge in [0.25, 0.3) is 22.8 Å². The number of unbranched alkanes of at least 4 members (excludes halogenated alkanes) is 4. The molecule has 0 aliphatic carbocycles. The van der Waals surface area contributed by atoms with E-state index < -0.39 is 68.8 Å². The number of β-lactam (4-membered cyclic amide) rings is 1. The van der Waals surface area contributed by atoms with Crippen LogP contribution < -0.4 is 26.0 Å². The van der Waals surface area contributed by atoms with Crippen LogP contribution in [0.3, 0.4) is 0 Å². The molecule has 2 aliphatic rings. The highest BCUT2D eigenvalue weighted by Crippen LogP contribution is 2.44. The molecule has 2 aliphatic heterocycles. The first kappa shape index (κ1) is 71.5. The van der Waals surface area contributed by atoms with Gasteiger partial charge in [0.05, 0.1) is 49.0 Å². The van der Waals surface area contributed by atoms with Crippen LogP contribution in [0.15, 0.2) is 146 Å². The number of fused-ring (bicyclic) bond motifs is 1. The number of rotatable bonds is 33. The summed E-state index contributed by atoms with van der Waals surface area (Å²) in [6, 6.07) is 35.3. The van der Waals surface area contributed by atoms with Gasteiger partial charge < -0.3 is 44.1 Å². The van der Waals surface area contributed by atoms with Gasteiger partial charge >= 0.3 is 11.9 Å². The Morgan fingerprint density at radius 3 is 1.85 bits per heavy atom. The van der Waals surface area contributed by atoms with Crippen LogP contribution in [0.2, 0.25) is 0 Å². The number of hydrogen-bond donors (Lipinski definition) is 3. The second-order valence-electron chi connectivity index (χ2n) is 23.0. The zero-order valence-corrected chi connectivity index (χ0v) is 57.5. The van der Waals surface area contributed by atoms with Crippen LogP contribution >= 0.6 is 58.2 Å². The standard InChI is InChI=1S/C52H50N6O11S5.C16H36N/c1-6-70-48(47(65)68-51(2,3)4)69-56-38(36-29-73-50(53-36)55-52(32-16-10-7-11-17-32,33-18-12-8-13-19-33)34-20-14-9-15-21-34)42(60)54-39-43(61)58-40(46(64)67-26-30-22-24-35(66-5)25-23-30)31(27-71-44(39)58)28-72-49-37(45(62)63)41(59)57-74-49;1-5-9-13-17(14-10-6-2,15-11-7-3)16-12-8-4/h7-25,29,39,44,48H,6,26-28H2,1-5H3,(H,53,55)(H,54,60)(H,57,59)(H,62,63);5-16H2,1-4H3/q;+1/p-1/b56-38-;. The molecule has 488 valence electrons. The molecule has 0 saturated carbocycles. The number of methoxy groups -OCH3 is 1. The minimum atomic E-state index is -1.65. The quantitative estimate of drug-likeness (QED) is 0.00508. The number of carbonyl (C=O) groups is 5. The number of amides is 2. The molecule has 3 atom stereocenters. The molecule has 0 spiro atoms. The van der Waals surface area contributed by atoms with Crippen molar-refractivity contribution in [1.29, 1.82) is 0 Å². The highest BCUT2D eigenvalue weighted by atomic mass is 32.2. The highest BCUT2D eigenvalue weighted by Gasteiger charge is 2.55. The summed E-state index contributed by atoms with van der Waals surface area (Å²) >= 11 is 5.37. The number of thioether (sulfide) groups is 3. The van der Waals surface area contributed by atoms with Gasteiger partial charge in [-0.1, -0.05) is 180 Å². The molecule has 0 bridgehead atoms. The van der Waals surface area contributed by atoms with Gasteiger partial charge in [0.2, 0.25) is 0 Å². The first-order valence-corrected chi connectivity index (χ1v) is 35.8. The number of thiazole rings is 1. The lowest BCUT2D eigenvalue weighted by Gasteiger charge is -2.49. The van der Waals surface area contributed by atoms with Crippen LogP contribution in [0.25, 0.3) is 0 Å². The second-order valence-corrected chi connectivity index (χ2v) is 28.4. The number of carbonyl (C=O) groups excluding carboxylic acids is 5. The van der Waals surface area contributed by atoms with Gasteiger partial charge in [-0.3, -0.25) is 23.7 Å². The number of aromatic nitrogens is 2. The number of aromatic amines is 1. The predicted molar refractivity (Wildman–Crippen MR) is 365 cm³/mol. The van der Waals surface area contributed by atoms with E-state index in [1.807, 2.05) is 97.9 Å². The Hall–Kier alpha value is -6.89. The molecule has 23 heteroatoms. The van der Waals surface area contributed by atoms with E-state index in [9.17, 15) is 33.9 Å². The number of nitrogens with one attached hydrogen (secondary N) is 3. The minimum Gasteiger partial charge on any atom is -0.545 e. The van der Waals surface area contributed by atoms with Gasteiger partial charge in [0, 0.05) is 16.9 Å². The maximum atomic E-state index is 14.8. The summed E-state index contributed by atoms with van der Waals surface area (Å²) in [5.41, 5.74) is -1.06. The number of ether oxygens (including phenoxy) is 3. The zero-order valence-electron chi connectivity index (χ0n) is 53.4. The first-order chi connectivity index (χ1) is 43.9. The number of H-pyrrole nitrogens is 1. The average Bonchev–Trinajstić information content (AvgIpc) is 0.796. The maximum absolute atomic E-state index is 14.8. The summed E-state index contributed by atoms with van der Waals surface area (Å²) in [4.78, 5) is 92.8. The maximum Gasteiger partial charge on any atom is 0.361 e. The van der Waals surface area contributed by atoms with Crippen molar-refractivity contribution in [3.63, 3.8) is 0 Å². The molecule has 3 unspecified atom stereocenters. The summed E-state index contributed by atoms with van der Waals surface area (Å²) in [6.45, 7) is 21.8. The number of carboxylic acids is 1. The molecule has 3 N–H and O–H groups in total. The van der Waals surface area contributed by atoms with Crippen LogP contribution in [-0.4, -0.2) is 127 Å². The van der Waals surface area contributed by atoms with E-state index in [2.05, 4.69) is 47.9 Å². The number of quaternary nitrogens is 1. The normalized spacial score (nSPS) is 15.3. The molecule has 2 amide bonds. The molecule has 91 heavy (non-hydrogen) atoms. The molecule has 1 fully saturated rings. The van der Waals surface area contributed by atoms with E-state index in [-0.39, 0.29) is 39.4 Å². The highest BCUT2D eigenvalue weighted by molar-refractivity contribution is 8.02. The summed E-state index contributed by atoms with van der Waals surface area (Å²) in [5, 5.41) is 23.8. The SMILES string of the molecule is CCCC[N+](CCCC)(CCCC)CCCC.CCSC(O/N=C(\C(=O)NC1C(=O)N2C(C(=O)OCc3ccc(OC)cc3)=C(CSc3s[nH]c(=O)c3C(=O)[O-])CSC12)c1csc(NC(c2ccccc2)(c2ccccc2)c2ccccc2)n1)C(=O)OC(C)(C)C. The van der Waals surface area contributed by atoms with Crippen molar-refractivity contribution in [3.05, 3.63) is 176 Å². The van der Waals surface area contributed by atoms with Crippen molar-refractivity contribution in [2.75, 3.05) is 55.9 Å². The molecule has 8 rings (SSSR count). The third-order valence-corrected chi connectivity index (χ3v) is 20.5. The summed E-state index contributed by atoms with van der Waals surface area (Å²) in [6.07, 6.45) is 11.1. The van der Waals surface area contributed by atoms with Crippen LogP contribution in [0.4, 0.5) is 5.13 Å². The average molecular weight is 1340 g/mol. The summed E-state index contributed by atoms with van der Waals surface area (Å²) in [7, 11) is 1.53. The van der Waals surface area contributed by atoms with Gasteiger partial charge in [0.1, 0.15) is 46.3 Å². The Bertz CT molecular complexity index is 3330. The molecule has 4 aromatic carbocycles. The number of nitrogens with zero attached hydrogens (tertiary/aromatic N) is 4. The fourth-order valence-electron chi connectivity index (χ4n) is 10.6. The number of hydrogen-bond acceptors (Lipinski definition) is 19. The molecule has 6 aromatic rings. The van der Waals surface area contributed by atoms with Gasteiger partial charge in [-0.2, -0.15) is 0 Å². The Kier molecular flexibility index (Phi) is 27.3. The van der Waals surface area contributed by atoms with Gasteiger partial charge in [-0.15, -0.1) is 46.6 Å². The molecule has 18 nitrogen and oxygen atoms in total. The molecule has 0 radical (unpaired) electrons. The number of carboxylic acid groups (broad SMARTS) is 1. The Morgan fingerprint density at radius 2 is 1.35 bits per heavy atom. The second kappa shape index (κ2) is 34.7. The molecule has 1 saturated heterocycles. The Labute approximate surface area is 555 Å². The fourth-order valence-corrected chi connectivity index (χ4v) is 15.4. The third-order valence-electron chi connectivity index (χ3n) is 15.3. The monoisotopic (exact) mass is 1340 g/mol. The summed E-state index contributed by atoms with van der Waals surface area (Å²) < 4.78 is 20.6. The van der Waals surface area contributed by atoms with Crippen molar-refractivity contribution in [2.24, 2.45) is 5.16 Å². The largest absolute Gasteiger partial charge is 0.545 e. The van der Waals surface area contributed by atoms with E-state index in [0.717, 1.165) is 51.7 Å².